The van der Waals surface area contributed by atoms with Crippen LogP contribution in [0.2, 0.25) is 0 Å². The van der Waals surface area contributed by atoms with Gasteiger partial charge in [-0.2, -0.15) is 0 Å². The van der Waals surface area contributed by atoms with Gasteiger partial charge in [-0.1, -0.05) is 12.1 Å². The SMILES string of the molecule is Cc1cc(C(=O)Nc2cccc(CO)c2)sc1Br. The molecule has 1 aromatic heterocycles. The maximum atomic E-state index is 12.0. The first-order chi connectivity index (χ1) is 8.60. The van der Waals surface area contributed by atoms with E-state index in [1.807, 2.05) is 19.1 Å². The van der Waals surface area contributed by atoms with Crippen LogP contribution in [0.1, 0.15) is 20.8 Å². The highest BCUT2D eigenvalue weighted by atomic mass is 79.9. The molecule has 1 amide bonds. The summed E-state index contributed by atoms with van der Waals surface area (Å²) in [6.07, 6.45) is 0. The van der Waals surface area contributed by atoms with E-state index in [4.69, 9.17) is 5.11 Å². The molecule has 0 saturated carbocycles. The molecule has 0 fully saturated rings. The summed E-state index contributed by atoms with van der Waals surface area (Å²) < 4.78 is 0.969. The number of aryl methyl sites for hydroxylation is 1. The maximum Gasteiger partial charge on any atom is 0.265 e. The standard InChI is InChI=1S/C13H12BrNO2S/c1-8-5-11(18-12(8)14)13(17)15-10-4-2-3-9(6-10)7-16/h2-6,16H,7H2,1H3,(H,15,17). The number of thiophene rings is 1. The second kappa shape index (κ2) is 5.65. The highest BCUT2D eigenvalue weighted by molar-refractivity contribution is 9.11. The Hall–Kier alpha value is -1.17. The molecule has 1 aromatic carbocycles. The zero-order chi connectivity index (χ0) is 13.1. The van der Waals surface area contributed by atoms with Gasteiger partial charge in [0.05, 0.1) is 15.3 Å². The molecular weight excluding hydrogens is 314 g/mol. The fourth-order valence-electron chi connectivity index (χ4n) is 1.51. The van der Waals surface area contributed by atoms with Gasteiger partial charge in [0.2, 0.25) is 0 Å². The zero-order valence-corrected chi connectivity index (χ0v) is 12.1. The molecule has 0 aliphatic rings. The van der Waals surface area contributed by atoms with Gasteiger partial charge in [-0.25, -0.2) is 0 Å². The first-order valence-corrected chi connectivity index (χ1v) is 6.98. The van der Waals surface area contributed by atoms with Crippen LogP contribution in [0.25, 0.3) is 0 Å². The number of rotatable bonds is 3. The third-order valence-corrected chi connectivity index (χ3v) is 4.58. The third kappa shape index (κ3) is 2.98. The van der Waals surface area contributed by atoms with Gasteiger partial charge in [-0.3, -0.25) is 4.79 Å². The van der Waals surface area contributed by atoms with Crippen molar-refractivity contribution in [1.82, 2.24) is 0 Å². The van der Waals surface area contributed by atoms with E-state index in [0.29, 0.717) is 10.6 Å². The Labute approximate surface area is 118 Å². The molecule has 0 aliphatic carbocycles. The summed E-state index contributed by atoms with van der Waals surface area (Å²) in [4.78, 5) is 12.7. The van der Waals surface area contributed by atoms with E-state index >= 15 is 0 Å². The quantitative estimate of drug-likeness (QED) is 0.906. The average molecular weight is 326 g/mol. The third-order valence-electron chi connectivity index (χ3n) is 2.45. The molecule has 2 rings (SSSR count). The molecule has 0 unspecified atom stereocenters. The average Bonchev–Trinajstić information content (AvgIpc) is 2.70. The van der Waals surface area contributed by atoms with Crippen LogP contribution < -0.4 is 5.32 Å². The molecule has 18 heavy (non-hydrogen) atoms. The molecule has 1 heterocycles. The van der Waals surface area contributed by atoms with Crippen molar-refractivity contribution >= 4 is 38.9 Å². The van der Waals surface area contributed by atoms with Crippen LogP contribution in [-0.4, -0.2) is 11.0 Å². The van der Waals surface area contributed by atoms with Gasteiger partial charge < -0.3 is 10.4 Å². The van der Waals surface area contributed by atoms with Crippen LogP contribution in [0, 0.1) is 6.92 Å². The normalized spacial score (nSPS) is 10.4. The number of benzene rings is 1. The molecule has 0 atom stereocenters. The van der Waals surface area contributed by atoms with E-state index in [1.54, 1.807) is 18.2 Å². The molecule has 0 aliphatic heterocycles. The molecule has 2 aromatic rings. The summed E-state index contributed by atoms with van der Waals surface area (Å²) in [6, 6.07) is 9.01. The highest BCUT2D eigenvalue weighted by Crippen LogP contribution is 2.27. The van der Waals surface area contributed by atoms with Crippen molar-refractivity contribution in [3.8, 4) is 0 Å². The molecule has 94 valence electrons. The van der Waals surface area contributed by atoms with E-state index in [-0.39, 0.29) is 12.5 Å². The lowest BCUT2D eigenvalue weighted by Crippen LogP contribution is -2.10. The monoisotopic (exact) mass is 325 g/mol. The fourth-order valence-corrected chi connectivity index (χ4v) is 2.94. The van der Waals surface area contributed by atoms with Gasteiger partial charge in [0.25, 0.3) is 5.91 Å². The minimum absolute atomic E-state index is 0.0344. The maximum absolute atomic E-state index is 12.0. The zero-order valence-electron chi connectivity index (χ0n) is 9.74. The Morgan fingerprint density at radius 3 is 2.83 bits per heavy atom. The lowest BCUT2D eigenvalue weighted by molar-refractivity contribution is 0.103. The molecule has 2 N–H and O–H groups in total. The largest absolute Gasteiger partial charge is 0.392 e. The summed E-state index contributed by atoms with van der Waals surface area (Å²) in [6.45, 7) is 1.91. The van der Waals surface area contributed by atoms with Crippen molar-refractivity contribution in [1.29, 1.82) is 0 Å². The van der Waals surface area contributed by atoms with E-state index in [2.05, 4.69) is 21.2 Å². The van der Waals surface area contributed by atoms with Gasteiger partial charge in [0.1, 0.15) is 0 Å². The van der Waals surface area contributed by atoms with E-state index in [1.165, 1.54) is 11.3 Å². The van der Waals surface area contributed by atoms with Gasteiger partial charge >= 0.3 is 0 Å². The topological polar surface area (TPSA) is 49.3 Å². The number of halogens is 1. The first kappa shape index (κ1) is 13.3. The Balaban J connectivity index is 2.15. The summed E-state index contributed by atoms with van der Waals surface area (Å²) >= 11 is 4.80. The van der Waals surface area contributed by atoms with E-state index in [9.17, 15) is 4.79 Å². The van der Waals surface area contributed by atoms with Crippen molar-refractivity contribution in [3.63, 3.8) is 0 Å². The number of carbonyl (C=O) groups excluding carboxylic acids is 1. The number of aliphatic hydroxyl groups excluding tert-OH is 1. The predicted molar refractivity (Wildman–Crippen MR) is 77.1 cm³/mol. The van der Waals surface area contributed by atoms with E-state index < -0.39 is 0 Å². The van der Waals surface area contributed by atoms with Crippen molar-refractivity contribution < 1.29 is 9.90 Å². The number of anilines is 1. The Morgan fingerprint density at radius 1 is 1.44 bits per heavy atom. The molecule has 0 spiro atoms. The number of carbonyl (C=O) groups is 1. The molecule has 5 heteroatoms. The van der Waals surface area contributed by atoms with Crippen LogP contribution in [0.3, 0.4) is 0 Å². The van der Waals surface area contributed by atoms with Crippen LogP contribution >= 0.6 is 27.3 Å². The number of amides is 1. The highest BCUT2D eigenvalue weighted by Gasteiger charge is 2.11. The van der Waals surface area contributed by atoms with Crippen LogP contribution in [0.5, 0.6) is 0 Å². The predicted octanol–water partition coefficient (Wildman–Crippen LogP) is 3.56. The molecule has 0 radical (unpaired) electrons. The number of aliphatic hydroxyl groups is 1. The summed E-state index contributed by atoms with van der Waals surface area (Å²) in [5.41, 5.74) is 2.51. The molecule has 3 nitrogen and oxygen atoms in total. The molecule has 0 bridgehead atoms. The van der Waals surface area contributed by atoms with Crippen molar-refractivity contribution in [3.05, 3.63) is 50.1 Å². The summed E-state index contributed by atoms with van der Waals surface area (Å²) in [5.74, 6) is -0.135. The minimum atomic E-state index is -0.135. The van der Waals surface area contributed by atoms with Crippen LogP contribution in [-0.2, 0) is 6.61 Å². The Kier molecular flexibility index (Phi) is 4.16. The van der Waals surface area contributed by atoms with Crippen molar-refractivity contribution in [2.24, 2.45) is 0 Å². The van der Waals surface area contributed by atoms with Crippen molar-refractivity contribution in [2.75, 3.05) is 5.32 Å². The van der Waals surface area contributed by atoms with Crippen molar-refractivity contribution in [2.45, 2.75) is 13.5 Å². The molecule has 0 saturated heterocycles. The number of nitrogens with one attached hydrogen (secondary N) is 1. The Morgan fingerprint density at radius 2 is 2.22 bits per heavy atom. The Bertz CT molecular complexity index is 561. The van der Waals surface area contributed by atoms with Gasteiger partial charge in [-0.05, 0) is 52.2 Å². The lowest BCUT2D eigenvalue weighted by atomic mass is 10.2. The number of hydrogen-bond acceptors (Lipinski definition) is 3. The lowest BCUT2D eigenvalue weighted by Gasteiger charge is -2.04. The smallest absolute Gasteiger partial charge is 0.265 e. The molecular formula is C13H12BrNO2S. The van der Waals surface area contributed by atoms with Gasteiger partial charge in [0, 0.05) is 5.69 Å². The van der Waals surface area contributed by atoms with Gasteiger partial charge in [0.15, 0.2) is 0 Å². The van der Waals surface area contributed by atoms with E-state index in [0.717, 1.165) is 14.9 Å². The second-order valence-electron chi connectivity index (χ2n) is 3.88. The minimum Gasteiger partial charge on any atom is -0.392 e. The van der Waals surface area contributed by atoms with Crippen LogP contribution in [0.15, 0.2) is 34.1 Å². The van der Waals surface area contributed by atoms with Crippen LogP contribution in [0.4, 0.5) is 5.69 Å². The summed E-state index contributed by atoms with van der Waals surface area (Å²) in [5, 5.41) is 11.8. The first-order valence-electron chi connectivity index (χ1n) is 5.37. The van der Waals surface area contributed by atoms with Gasteiger partial charge in [-0.15, -0.1) is 11.3 Å². The number of hydrogen-bond donors (Lipinski definition) is 2. The second-order valence-corrected chi connectivity index (χ2v) is 6.25. The fraction of sp³-hybridized carbons (Fsp3) is 0.154. The summed E-state index contributed by atoms with van der Waals surface area (Å²) in [7, 11) is 0.